The highest BCUT2D eigenvalue weighted by molar-refractivity contribution is 9.10. The summed E-state index contributed by atoms with van der Waals surface area (Å²) < 4.78 is 10.9. The summed E-state index contributed by atoms with van der Waals surface area (Å²) in [5, 5.41) is 9.63. The number of likely N-dealkylation sites (tertiary alicyclic amines) is 1. The molecule has 1 aliphatic rings. The molecule has 1 amide bonds. The average molecular weight is 358 g/mol. The van der Waals surface area contributed by atoms with E-state index >= 15 is 0 Å². The lowest BCUT2D eigenvalue weighted by molar-refractivity contribution is -0.151. The van der Waals surface area contributed by atoms with E-state index in [1.165, 1.54) is 12.0 Å². The Morgan fingerprint density at radius 1 is 1.38 bits per heavy atom. The molecule has 2 atom stereocenters. The maximum absolute atomic E-state index is 12.1. The third kappa shape index (κ3) is 3.95. The molecule has 6 nitrogen and oxygen atoms in total. The first-order valence-corrected chi connectivity index (χ1v) is 7.24. The Labute approximate surface area is 130 Å². The molecule has 114 valence electrons. The topological polar surface area (TPSA) is 76.1 Å². The Morgan fingerprint density at radius 3 is 2.67 bits per heavy atom. The third-order valence-corrected chi connectivity index (χ3v) is 3.78. The van der Waals surface area contributed by atoms with Gasteiger partial charge in [-0.2, -0.15) is 0 Å². The Bertz CT molecular complexity index is 519. The standard InChI is InChI=1S/C14H16BrNO5/c1-20-14(19)12-6-10(17)7-16(12)13(18)8-21-11-4-2-9(15)3-5-11/h2-5,10,12,17H,6-8H2,1H3. The van der Waals surface area contributed by atoms with Crippen LogP contribution in [0.25, 0.3) is 0 Å². The molecule has 0 spiro atoms. The number of methoxy groups -OCH3 is 1. The van der Waals surface area contributed by atoms with Crippen LogP contribution in [0.4, 0.5) is 0 Å². The van der Waals surface area contributed by atoms with Crippen molar-refractivity contribution in [1.29, 1.82) is 0 Å². The fourth-order valence-corrected chi connectivity index (χ4v) is 2.47. The van der Waals surface area contributed by atoms with E-state index in [1.807, 2.05) is 0 Å². The molecule has 2 rings (SSSR count). The number of hydrogen-bond donors (Lipinski definition) is 1. The molecule has 0 aliphatic carbocycles. The van der Waals surface area contributed by atoms with E-state index in [0.717, 1.165) is 4.47 Å². The molecule has 0 bridgehead atoms. The fourth-order valence-electron chi connectivity index (χ4n) is 2.21. The molecule has 0 saturated carbocycles. The van der Waals surface area contributed by atoms with Crippen LogP contribution in [0.15, 0.2) is 28.7 Å². The lowest BCUT2D eigenvalue weighted by Gasteiger charge is -2.22. The minimum Gasteiger partial charge on any atom is -0.484 e. The van der Waals surface area contributed by atoms with Gasteiger partial charge in [-0.05, 0) is 24.3 Å². The summed E-state index contributed by atoms with van der Waals surface area (Å²) >= 11 is 3.31. The largest absolute Gasteiger partial charge is 0.484 e. The Hall–Kier alpha value is -1.60. The molecule has 1 fully saturated rings. The molecule has 1 aliphatic heterocycles. The highest BCUT2D eigenvalue weighted by atomic mass is 79.9. The number of hydrogen-bond acceptors (Lipinski definition) is 5. The number of aliphatic hydroxyl groups is 1. The number of nitrogens with zero attached hydrogens (tertiary/aromatic N) is 1. The average Bonchev–Trinajstić information content (AvgIpc) is 2.87. The summed E-state index contributed by atoms with van der Waals surface area (Å²) in [7, 11) is 1.26. The molecule has 0 radical (unpaired) electrons. The van der Waals surface area contributed by atoms with Gasteiger partial charge in [0.1, 0.15) is 11.8 Å². The van der Waals surface area contributed by atoms with Gasteiger partial charge in [-0.15, -0.1) is 0 Å². The maximum Gasteiger partial charge on any atom is 0.328 e. The predicted molar refractivity (Wildman–Crippen MR) is 77.8 cm³/mol. The van der Waals surface area contributed by atoms with Crippen LogP contribution in [0, 0.1) is 0 Å². The van der Waals surface area contributed by atoms with Gasteiger partial charge in [-0.25, -0.2) is 4.79 Å². The number of esters is 1. The summed E-state index contributed by atoms with van der Waals surface area (Å²) in [4.78, 5) is 25.0. The number of carbonyl (C=O) groups is 2. The van der Waals surface area contributed by atoms with Crippen molar-refractivity contribution < 1.29 is 24.2 Å². The van der Waals surface area contributed by atoms with Crippen molar-refractivity contribution in [2.24, 2.45) is 0 Å². The molecule has 1 N–H and O–H groups in total. The number of β-amino-alcohol motifs (C(OH)–C–C–N with tert-alkyl or cyclic N) is 1. The van der Waals surface area contributed by atoms with Gasteiger partial charge in [0, 0.05) is 17.4 Å². The van der Waals surface area contributed by atoms with Gasteiger partial charge >= 0.3 is 5.97 Å². The van der Waals surface area contributed by atoms with Gasteiger partial charge in [0.15, 0.2) is 6.61 Å². The van der Waals surface area contributed by atoms with E-state index in [-0.39, 0.29) is 25.5 Å². The van der Waals surface area contributed by atoms with Gasteiger partial charge in [-0.3, -0.25) is 4.79 Å². The van der Waals surface area contributed by atoms with Crippen molar-refractivity contribution in [2.45, 2.75) is 18.6 Å². The van der Waals surface area contributed by atoms with Crippen molar-refractivity contribution in [3.8, 4) is 5.75 Å². The lowest BCUT2D eigenvalue weighted by Crippen LogP contribution is -2.43. The molecule has 2 unspecified atom stereocenters. The lowest BCUT2D eigenvalue weighted by atomic mass is 10.2. The van der Waals surface area contributed by atoms with Crippen molar-refractivity contribution in [1.82, 2.24) is 4.90 Å². The monoisotopic (exact) mass is 357 g/mol. The van der Waals surface area contributed by atoms with Crippen molar-refractivity contribution >= 4 is 27.8 Å². The van der Waals surface area contributed by atoms with Gasteiger partial charge < -0.3 is 19.5 Å². The van der Waals surface area contributed by atoms with Crippen LogP contribution in [0.2, 0.25) is 0 Å². The summed E-state index contributed by atoms with van der Waals surface area (Å²) in [6.45, 7) is -0.0792. The van der Waals surface area contributed by atoms with E-state index in [4.69, 9.17) is 4.74 Å². The molecular formula is C14H16BrNO5. The zero-order chi connectivity index (χ0) is 15.4. The summed E-state index contributed by atoms with van der Waals surface area (Å²) in [5.74, 6) is -0.325. The van der Waals surface area contributed by atoms with Gasteiger partial charge in [-0.1, -0.05) is 15.9 Å². The van der Waals surface area contributed by atoms with Crippen LogP contribution < -0.4 is 4.74 Å². The quantitative estimate of drug-likeness (QED) is 0.812. The summed E-state index contributed by atoms with van der Waals surface area (Å²) in [5.41, 5.74) is 0. The molecule has 0 aromatic heterocycles. The first-order valence-electron chi connectivity index (χ1n) is 6.45. The zero-order valence-electron chi connectivity index (χ0n) is 11.5. The number of aliphatic hydroxyl groups excluding tert-OH is 1. The minimum atomic E-state index is -0.744. The number of rotatable bonds is 4. The SMILES string of the molecule is COC(=O)C1CC(O)CN1C(=O)COc1ccc(Br)cc1. The van der Waals surface area contributed by atoms with E-state index in [9.17, 15) is 14.7 Å². The maximum atomic E-state index is 12.1. The number of carbonyl (C=O) groups excluding carboxylic acids is 2. The molecule has 7 heteroatoms. The van der Waals surface area contributed by atoms with Gasteiger partial charge in [0.25, 0.3) is 5.91 Å². The second kappa shape index (κ2) is 6.91. The zero-order valence-corrected chi connectivity index (χ0v) is 13.1. The molecule has 1 aromatic carbocycles. The second-order valence-corrected chi connectivity index (χ2v) is 5.63. The smallest absolute Gasteiger partial charge is 0.328 e. The van der Waals surface area contributed by atoms with Crippen molar-refractivity contribution in [2.75, 3.05) is 20.3 Å². The number of halogens is 1. The van der Waals surface area contributed by atoms with E-state index in [2.05, 4.69) is 20.7 Å². The molecular weight excluding hydrogens is 342 g/mol. The van der Waals surface area contributed by atoms with E-state index in [1.54, 1.807) is 24.3 Å². The second-order valence-electron chi connectivity index (χ2n) is 4.72. The molecule has 1 saturated heterocycles. The fraction of sp³-hybridized carbons (Fsp3) is 0.429. The highest BCUT2D eigenvalue weighted by Crippen LogP contribution is 2.20. The molecule has 1 aromatic rings. The van der Waals surface area contributed by atoms with Crippen LogP contribution >= 0.6 is 15.9 Å². The summed E-state index contributed by atoms with van der Waals surface area (Å²) in [6, 6.07) is 6.32. The van der Waals surface area contributed by atoms with Gasteiger partial charge in [0.2, 0.25) is 0 Å². The van der Waals surface area contributed by atoms with Crippen molar-refractivity contribution in [3.63, 3.8) is 0 Å². The van der Waals surface area contributed by atoms with Crippen molar-refractivity contribution in [3.05, 3.63) is 28.7 Å². The molecule has 1 heterocycles. The molecule has 21 heavy (non-hydrogen) atoms. The Kier molecular flexibility index (Phi) is 5.19. The van der Waals surface area contributed by atoms with Gasteiger partial charge in [0.05, 0.1) is 13.2 Å². The highest BCUT2D eigenvalue weighted by Gasteiger charge is 2.39. The first-order chi connectivity index (χ1) is 10.0. The van der Waals surface area contributed by atoms with Crippen LogP contribution in [0.3, 0.4) is 0 Å². The number of benzene rings is 1. The minimum absolute atomic E-state index is 0.113. The normalized spacial score (nSPS) is 21.2. The van der Waals surface area contributed by atoms with Crippen LogP contribution in [-0.4, -0.2) is 54.3 Å². The summed E-state index contributed by atoms with van der Waals surface area (Å²) in [6.07, 6.45) is -0.526. The van der Waals surface area contributed by atoms with E-state index < -0.39 is 18.1 Å². The Morgan fingerprint density at radius 2 is 2.05 bits per heavy atom. The van der Waals surface area contributed by atoms with Crippen LogP contribution in [0.5, 0.6) is 5.75 Å². The third-order valence-electron chi connectivity index (χ3n) is 3.25. The number of amides is 1. The predicted octanol–water partition coefficient (Wildman–Crippen LogP) is 0.963. The number of ether oxygens (including phenoxy) is 2. The Balaban J connectivity index is 1.95. The van der Waals surface area contributed by atoms with Crippen LogP contribution in [-0.2, 0) is 14.3 Å². The van der Waals surface area contributed by atoms with E-state index in [0.29, 0.717) is 5.75 Å². The first kappa shape index (κ1) is 15.8. The van der Waals surface area contributed by atoms with Crippen LogP contribution in [0.1, 0.15) is 6.42 Å².